The maximum absolute atomic E-state index is 15.3. The van der Waals surface area contributed by atoms with Gasteiger partial charge in [-0.3, -0.25) is 4.79 Å². The monoisotopic (exact) mass is 1060 g/mol. The van der Waals surface area contributed by atoms with Gasteiger partial charge in [0.15, 0.2) is 0 Å². The standard InChI is InChI=1S/C67H66N4O8/c1-39-27-40(2)30-66(29-39)68-56-9-5-7-52-54(23-25-58(60(52)56)69(66)43-11-17-46(18-12-43)74-33-49-36-77-49)62-64(72)63(65(62)73)55-24-26-59-61-53(55)8-6-10-57(61)70(44-13-19-47(20-14-44)75-34-50-37-78-50)67(31-41(3)28-42(4)32-67)71(59)45-15-21-48(22-16-45)76-35-51-38-79-51/h5-26,39-42,49-51H,27-38H2,1-4H3,(H,72,73)/p+1. The summed E-state index contributed by atoms with van der Waals surface area (Å²) in [7, 11) is 0. The van der Waals surface area contributed by atoms with E-state index in [9.17, 15) is 5.11 Å². The Morgan fingerprint density at radius 3 is 1.62 bits per heavy atom. The lowest BCUT2D eigenvalue weighted by molar-refractivity contribution is -0.109. The Morgan fingerprint density at radius 1 is 0.570 bits per heavy atom. The minimum atomic E-state index is -0.515. The lowest BCUT2D eigenvalue weighted by atomic mass is 9.72. The first kappa shape index (κ1) is 48.7. The van der Waals surface area contributed by atoms with Crippen molar-refractivity contribution in [3.63, 3.8) is 0 Å². The number of allylic oxidation sites excluding steroid dienone is 2. The molecule has 5 fully saturated rings. The molecule has 402 valence electrons. The second-order valence-corrected chi connectivity index (χ2v) is 24.3. The summed E-state index contributed by atoms with van der Waals surface area (Å²) in [6.45, 7) is 13.3. The highest BCUT2D eigenvalue weighted by molar-refractivity contribution is 6.53. The zero-order chi connectivity index (χ0) is 53.3. The van der Waals surface area contributed by atoms with E-state index in [1.54, 1.807) is 0 Å². The molecule has 3 saturated heterocycles. The Hall–Kier alpha value is -7.38. The number of hydrogen-bond donors (Lipinski definition) is 2. The fourth-order valence-electron chi connectivity index (χ4n) is 14.9. The molecule has 7 aromatic carbocycles. The smallest absolute Gasteiger partial charge is 0.242 e. The van der Waals surface area contributed by atoms with Crippen LogP contribution in [-0.4, -0.2) is 80.2 Å². The van der Waals surface area contributed by atoms with Crippen molar-refractivity contribution in [2.24, 2.45) is 23.7 Å². The summed E-state index contributed by atoms with van der Waals surface area (Å²) in [6, 6.07) is 46.8. The van der Waals surface area contributed by atoms with Gasteiger partial charge in [-0.2, -0.15) is 4.58 Å². The van der Waals surface area contributed by atoms with Crippen LogP contribution in [0.5, 0.6) is 17.2 Å². The van der Waals surface area contributed by atoms with E-state index in [-0.39, 0.29) is 35.5 Å². The van der Waals surface area contributed by atoms with E-state index in [1.807, 2.05) is 0 Å². The molecule has 2 saturated carbocycles. The fraction of sp³-hybridized carbons (Fsp3) is 0.373. The third-order valence-corrected chi connectivity index (χ3v) is 18.0. The molecule has 0 bridgehead atoms. The summed E-state index contributed by atoms with van der Waals surface area (Å²) in [4.78, 5) is 20.4. The first-order chi connectivity index (χ1) is 38.5. The molecule has 7 atom stereocenters. The van der Waals surface area contributed by atoms with Crippen molar-refractivity contribution in [1.82, 2.24) is 4.58 Å². The molecule has 5 aliphatic heterocycles. The number of ether oxygens (including phenoxy) is 6. The number of aliphatic hydroxyl groups is 1. The van der Waals surface area contributed by atoms with Crippen molar-refractivity contribution < 1.29 is 38.3 Å². The number of anilines is 5. The SMILES string of the molecule is CC1CC(C)CC2(C1)N(c1ccc(OCC3CO3)cc1)c1cccc3c(C4=C(O)/C(=c5/ccc6c7c(cccc57)NC5(CC(C)CC(C)C5)[N+]=6c5ccc(OCC6CO6)cc5)C4=O)ccc(c13)N2c1ccc(OCC2CO2)cc1. The molecular weight excluding hydrogens is 989 g/mol. The molecular formula is C67H67N4O8+. The first-order valence-electron chi connectivity index (χ1n) is 28.7. The Labute approximate surface area is 460 Å². The number of nitrogens with zero attached hydrogens (tertiary/aromatic N) is 3. The molecule has 12 nitrogen and oxygen atoms in total. The molecule has 0 radical (unpaired) electrons. The molecule has 79 heavy (non-hydrogen) atoms. The maximum atomic E-state index is 15.3. The Kier molecular flexibility index (Phi) is 11.5. The van der Waals surface area contributed by atoms with Crippen LogP contribution in [0.15, 0.2) is 139 Å². The van der Waals surface area contributed by atoms with Gasteiger partial charge in [0, 0.05) is 47.8 Å². The second kappa shape index (κ2) is 18.6. The van der Waals surface area contributed by atoms with Gasteiger partial charge in [0.25, 0.3) is 0 Å². The van der Waals surface area contributed by atoms with E-state index < -0.39 is 5.66 Å². The minimum Gasteiger partial charge on any atom is -0.506 e. The number of rotatable bonds is 13. The summed E-state index contributed by atoms with van der Waals surface area (Å²) in [6.07, 6.45) is 6.53. The van der Waals surface area contributed by atoms with Crippen molar-refractivity contribution in [1.29, 1.82) is 0 Å². The number of epoxide rings is 3. The molecule has 2 spiro atoms. The zero-order valence-corrected chi connectivity index (χ0v) is 45.4. The van der Waals surface area contributed by atoms with Crippen LogP contribution in [0, 0.1) is 23.7 Å². The molecule has 5 heterocycles. The number of carbonyl (C=O) groups excluding carboxylic acids is 1. The van der Waals surface area contributed by atoms with Crippen LogP contribution in [0.2, 0.25) is 0 Å². The summed E-state index contributed by atoms with van der Waals surface area (Å²) < 4.78 is 37.3. The molecule has 0 aromatic heterocycles. The highest BCUT2D eigenvalue weighted by Crippen LogP contribution is 2.59. The van der Waals surface area contributed by atoms with Gasteiger partial charge in [0.2, 0.25) is 22.5 Å². The number of hydrogen-bond acceptors (Lipinski definition) is 11. The van der Waals surface area contributed by atoms with Crippen molar-refractivity contribution in [2.45, 2.75) is 95.9 Å². The topological polar surface area (TPSA) is 124 Å². The predicted molar refractivity (Wildman–Crippen MR) is 309 cm³/mol. The van der Waals surface area contributed by atoms with Gasteiger partial charge in [0.05, 0.1) is 53.4 Å². The normalized spacial score (nSPS) is 29.0. The third kappa shape index (κ3) is 8.34. The molecule has 0 amide bonds. The molecule has 2 N–H and O–H groups in total. The first-order valence-corrected chi connectivity index (χ1v) is 28.7. The van der Waals surface area contributed by atoms with Gasteiger partial charge in [-0.1, -0.05) is 58.0 Å². The van der Waals surface area contributed by atoms with Crippen LogP contribution in [0.4, 0.5) is 34.1 Å². The highest BCUT2D eigenvalue weighted by atomic mass is 16.6. The van der Waals surface area contributed by atoms with Crippen LogP contribution >= 0.6 is 0 Å². The Balaban J connectivity index is 0.890. The van der Waals surface area contributed by atoms with E-state index in [2.05, 4.69) is 181 Å². The van der Waals surface area contributed by atoms with Crippen LogP contribution in [0.3, 0.4) is 0 Å². The van der Waals surface area contributed by atoms with Crippen LogP contribution < -0.4 is 44.5 Å². The lowest BCUT2D eigenvalue weighted by Gasteiger charge is -2.59. The van der Waals surface area contributed by atoms with Gasteiger partial charge in [-0.05, 0) is 156 Å². The van der Waals surface area contributed by atoms with E-state index in [1.165, 1.54) is 6.42 Å². The minimum absolute atomic E-state index is 0.0147. The zero-order valence-electron chi connectivity index (χ0n) is 45.4. The number of benzene rings is 7. The van der Waals surface area contributed by atoms with Crippen LogP contribution in [-0.2, 0) is 19.0 Å². The number of nitrogens with one attached hydrogen (secondary N) is 1. The van der Waals surface area contributed by atoms with Crippen molar-refractivity contribution in [3.05, 3.63) is 155 Å². The van der Waals surface area contributed by atoms with Gasteiger partial charge in [-0.15, -0.1) is 0 Å². The van der Waals surface area contributed by atoms with Crippen LogP contribution in [0.25, 0.3) is 32.7 Å². The quantitative estimate of drug-likeness (QED) is 0.0847. The number of ketones is 1. The van der Waals surface area contributed by atoms with Crippen LogP contribution in [0.1, 0.15) is 71.8 Å². The van der Waals surface area contributed by atoms with Crippen molar-refractivity contribution in [2.75, 3.05) is 54.8 Å². The lowest BCUT2D eigenvalue weighted by Crippen LogP contribution is -2.62. The van der Waals surface area contributed by atoms with Crippen molar-refractivity contribution >= 4 is 72.6 Å². The van der Waals surface area contributed by atoms with Gasteiger partial charge < -0.3 is 48.6 Å². The third-order valence-electron chi connectivity index (χ3n) is 18.0. The largest absolute Gasteiger partial charge is 0.506 e. The van der Waals surface area contributed by atoms with E-state index in [4.69, 9.17) is 28.4 Å². The molecule has 15 rings (SSSR count). The summed E-state index contributed by atoms with van der Waals surface area (Å²) in [5.41, 5.74) is 6.80. The van der Waals surface area contributed by atoms with Gasteiger partial charge in [-0.25, -0.2) is 0 Å². The van der Waals surface area contributed by atoms with E-state index >= 15 is 4.79 Å². The maximum Gasteiger partial charge on any atom is 0.242 e. The Morgan fingerprint density at radius 2 is 1.08 bits per heavy atom. The van der Waals surface area contributed by atoms with Gasteiger partial charge in [0.1, 0.15) is 66.8 Å². The number of Topliss-reactive ketones (excluding diaryl/α,β-unsaturated/α-hetero) is 1. The van der Waals surface area contributed by atoms with Crippen molar-refractivity contribution in [3.8, 4) is 17.2 Å². The highest BCUT2D eigenvalue weighted by Gasteiger charge is 2.54. The van der Waals surface area contributed by atoms with E-state index in [0.29, 0.717) is 60.2 Å². The molecule has 7 unspecified atom stereocenters. The molecule has 12 heteroatoms. The fourth-order valence-corrected chi connectivity index (χ4v) is 14.9. The summed E-state index contributed by atoms with van der Waals surface area (Å²) in [5.74, 6) is 4.12. The summed E-state index contributed by atoms with van der Waals surface area (Å²) >= 11 is 0. The molecule has 3 aliphatic carbocycles. The number of carbonyl (C=O) groups is 1. The average molecular weight is 1060 g/mol. The second-order valence-electron chi connectivity index (χ2n) is 24.3. The van der Waals surface area contributed by atoms with E-state index in [0.717, 1.165) is 135 Å². The van der Waals surface area contributed by atoms with Gasteiger partial charge >= 0.3 is 0 Å². The summed E-state index contributed by atoms with van der Waals surface area (Å²) in [5, 5.41) is 22.4. The number of aliphatic hydroxyl groups excluding tert-OH is 1. The molecule has 8 aliphatic rings. The molecule has 7 aromatic rings. The Bertz CT molecular complexity index is 3680. The predicted octanol–water partition coefficient (Wildman–Crippen LogP) is 11.9. The average Bonchev–Trinajstić information content (AvgIpc) is 3.14.